The molecule has 1 saturated carbocycles. The van der Waals surface area contributed by atoms with Gasteiger partial charge < -0.3 is 19.2 Å². The fraction of sp³-hybridized carbons (Fsp3) is 0.517. The lowest BCUT2D eigenvalue weighted by Gasteiger charge is -2.35. The van der Waals surface area contributed by atoms with E-state index in [1.54, 1.807) is 18.2 Å². The molecule has 3 aromatic rings. The second-order valence-electron chi connectivity index (χ2n) is 10.2. The Labute approximate surface area is 212 Å². The average Bonchev–Trinajstić information content (AvgIpc) is 3.67. The van der Waals surface area contributed by atoms with Crippen molar-refractivity contribution in [3.63, 3.8) is 0 Å². The molecule has 3 heterocycles. The van der Waals surface area contributed by atoms with Crippen LogP contribution in [0.1, 0.15) is 81.3 Å². The number of nitrogens with one attached hydrogen (secondary N) is 1. The first-order valence-electron chi connectivity index (χ1n) is 13.6. The molecule has 192 valence electrons. The van der Waals surface area contributed by atoms with Crippen LogP contribution in [0.25, 0.3) is 22.7 Å². The predicted octanol–water partition coefficient (Wildman–Crippen LogP) is 6.45. The number of benzene rings is 1. The molecule has 1 saturated heterocycles. The van der Waals surface area contributed by atoms with Crippen molar-refractivity contribution in [1.29, 1.82) is 0 Å². The minimum atomic E-state index is -0.280. The average molecular weight is 493 g/mol. The van der Waals surface area contributed by atoms with Crippen molar-refractivity contribution in [2.45, 2.75) is 76.8 Å². The van der Waals surface area contributed by atoms with Crippen LogP contribution in [0.3, 0.4) is 0 Å². The van der Waals surface area contributed by atoms with Gasteiger partial charge in [0, 0.05) is 30.7 Å². The smallest absolute Gasteiger partial charge is 0.287 e. The molecule has 1 aromatic carbocycles. The number of halogens is 1. The Hall–Kier alpha value is -2.93. The van der Waals surface area contributed by atoms with E-state index in [0.29, 0.717) is 30.1 Å². The molecule has 0 spiro atoms. The molecule has 7 heteroatoms. The number of rotatable bonds is 9. The normalized spacial score (nSPS) is 19.1. The Kier molecular flexibility index (Phi) is 7.85. The second-order valence-corrected chi connectivity index (χ2v) is 10.2. The summed E-state index contributed by atoms with van der Waals surface area (Å²) in [5, 5.41) is 3.03. The van der Waals surface area contributed by atoms with Gasteiger partial charge in [0.05, 0.1) is 12.0 Å². The van der Waals surface area contributed by atoms with E-state index in [1.807, 2.05) is 12.4 Å². The van der Waals surface area contributed by atoms with E-state index < -0.39 is 0 Å². The summed E-state index contributed by atoms with van der Waals surface area (Å²) < 4.78 is 21.8. The van der Waals surface area contributed by atoms with E-state index in [0.717, 1.165) is 42.8 Å². The lowest BCUT2D eigenvalue weighted by atomic mass is 10.00. The zero-order chi connectivity index (χ0) is 24.9. The molecular weight excluding hydrogens is 455 g/mol. The van der Waals surface area contributed by atoms with Gasteiger partial charge in [-0.3, -0.25) is 4.79 Å². The third-order valence-corrected chi connectivity index (χ3v) is 7.82. The third kappa shape index (κ3) is 5.41. The lowest BCUT2D eigenvalue weighted by Crippen LogP contribution is -2.40. The molecule has 0 unspecified atom stereocenters. The highest BCUT2D eigenvalue weighted by atomic mass is 19.1. The summed E-state index contributed by atoms with van der Waals surface area (Å²) in [7, 11) is 0. The number of furan rings is 1. The number of carbonyl (C=O) groups excluding carboxylic acids is 1. The molecule has 1 aliphatic heterocycles. The predicted molar refractivity (Wildman–Crippen MR) is 139 cm³/mol. The first kappa shape index (κ1) is 24.8. The van der Waals surface area contributed by atoms with E-state index in [1.165, 1.54) is 57.2 Å². The quantitative estimate of drug-likeness (QED) is 0.349. The molecule has 5 rings (SSSR count). The number of nitrogens with zero attached hydrogens (tertiary/aromatic N) is 3. The Bertz CT molecular complexity index is 1150. The zero-order valence-corrected chi connectivity index (χ0v) is 21.2. The molecule has 1 atom stereocenters. The van der Waals surface area contributed by atoms with Crippen LogP contribution in [-0.4, -0.2) is 46.0 Å². The molecule has 6 nitrogen and oxygen atoms in total. The maximum absolute atomic E-state index is 13.5. The first-order valence-corrected chi connectivity index (χ1v) is 13.6. The highest BCUT2D eigenvalue weighted by molar-refractivity contribution is 5.92. The first-order chi connectivity index (χ1) is 17.6. The second kappa shape index (κ2) is 11.4. The minimum Gasteiger partial charge on any atom is -0.449 e. The van der Waals surface area contributed by atoms with Gasteiger partial charge in [0.1, 0.15) is 11.5 Å². The van der Waals surface area contributed by atoms with Crippen molar-refractivity contribution < 1.29 is 13.6 Å². The van der Waals surface area contributed by atoms with Crippen LogP contribution in [0.15, 0.2) is 47.1 Å². The summed E-state index contributed by atoms with van der Waals surface area (Å²) in [5.41, 5.74) is 2.42. The number of imidazole rings is 1. The molecule has 36 heavy (non-hydrogen) atoms. The Morgan fingerprint density at radius 3 is 2.64 bits per heavy atom. The number of hydrogen-bond donors (Lipinski definition) is 1. The Balaban J connectivity index is 1.28. The van der Waals surface area contributed by atoms with Gasteiger partial charge in [-0.15, -0.1) is 0 Å². The van der Waals surface area contributed by atoms with Crippen LogP contribution in [0.2, 0.25) is 0 Å². The standard InChI is InChI=1S/C29H37FN4O2/c1-2-23-8-5-6-18-33(23)19-7-17-31-29(35)26-16-15-25(36-26)28-27(21-11-13-22(30)14-12-21)32-20-34(28)24-9-3-4-10-24/h11-16,20,23-24H,2-10,17-19H2,1H3,(H,31,35)/t23-/m1/s1. The van der Waals surface area contributed by atoms with Gasteiger partial charge in [-0.2, -0.15) is 0 Å². The molecule has 2 fully saturated rings. The van der Waals surface area contributed by atoms with Crippen molar-refractivity contribution in [3.8, 4) is 22.7 Å². The number of hydrogen-bond acceptors (Lipinski definition) is 4. The van der Waals surface area contributed by atoms with Gasteiger partial charge in [0.25, 0.3) is 5.91 Å². The summed E-state index contributed by atoms with van der Waals surface area (Å²) in [6, 6.07) is 11.0. The molecule has 1 N–H and O–H groups in total. The number of piperidine rings is 1. The van der Waals surface area contributed by atoms with Crippen LogP contribution in [0.5, 0.6) is 0 Å². The highest BCUT2D eigenvalue weighted by Gasteiger charge is 2.26. The molecule has 0 bridgehead atoms. The van der Waals surface area contributed by atoms with Gasteiger partial charge in [0.15, 0.2) is 11.5 Å². The van der Waals surface area contributed by atoms with Crippen molar-refractivity contribution in [2.75, 3.05) is 19.6 Å². The maximum atomic E-state index is 13.5. The number of likely N-dealkylation sites (tertiary alicyclic amines) is 1. The van der Waals surface area contributed by atoms with E-state index in [9.17, 15) is 9.18 Å². The third-order valence-electron chi connectivity index (χ3n) is 7.82. The molecule has 1 aliphatic carbocycles. The Morgan fingerprint density at radius 1 is 1.08 bits per heavy atom. The maximum Gasteiger partial charge on any atom is 0.287 e. The van der Waals surface area contributed by atoms with Gasteiger partial charge in [-0.25, -0.2) is 9.37 Å². The monoisotopic (exact) mass is 492 g/mol. The van der Waals surface area contributed by atoms with E-state index in [4.69, 9.17) is 4.42 Å². The highest BCUT2D eigenvalue weighted by Crippen LogP contribution is 2.39. The van der Waals surface area contributed by atoms with Crippen molar-refractivity contribution in [2.24, 2.45) is 0 Å². The largest absolute Gasteiger partial charge is 0.449 e. The summed E-state index contributed by atoms with van der Waals surface area (Å²) in [5.74, 6) is 0.446. The lowest BCUT2D eigenvalue weighted by molar-refractivity contribution is 0.0920. The van der Waals surface area contributed by atoms with Crippen LogP contribution in [0.4, 0.5) is 4.39 Å². The molecule has 2 aliphatic rings. The number of aromatic nitrogens is 2. The van der Waals surface area contributed by atoms with Crippen LogP contribution in [0, 0.1) is 5.82 Å². The van der Waals surface area contributed by atoms with Gasteiger partial charge in [-0.1, -0.05) is 26.2 Å². The van der Waals surface area contributed by atoms with Crippen molar-refractivity contribution in [3.05, 3.63) is 54.3 Å². The van der Waals surface area contributed by atoms with Crippen LogP contribution >= 0.6 is 0 Å². The summed E-state index contributed by atoms with van der Waals surface area (Å²) in [6.07, 6.45) is 12.4. The number of carbonyl (C=O) groups is 1. The van der Waals surface area contributed by atoms with Gasteiger partial charge >= 0.3 is 0 Å². The molecule has 2 aromatic heterocycles. The van der Waals surface area contributed by atoms with Crippen molar-refractivity contribution >= 4 is 5.91 Å². The summed E-state index contributed by atoms with van der Waals surface area (Å²) in [4.78, 5) is 20.1. The SMILES string of the molecule is CC[C@@H]1CCCCN1CCCNC(=O)c1ccc(-c2c(-c3ccc(F)cc3)ncn2C2CCCC2)o1. The molecular formula is C29H37FN4O2. The minimum absolute atomic E-state index is 0.192. The van der Waals surface area contributed by atoms with E-state index in [2.05, 4.69) is 26.7 Å². The molecule has 0 radical (unpaired) electrons. The molecule has 1 amide bonds. The fourth-order valence-corrected chi connectivity index (χ4v) is 5.86. The number of amides is 1. The van der Waals surface area contributed by atoms with Gasteiger partial charge in [-0.05, 0) is 81.5 Å². The summed E-state index contributed by atoms with van der Waals surface area (Å²) >= 11 is 0. The topological polar surface area (TPSA) is 63.3 Å². The van der Waals surface area contributed by atoms with Crippen LogP contribution in [-0.2, 0) is 0 Å². The van der Waals surface area contributed by atoms with Gasteiger partial charge in [0.2, 0.25) is 0 Å². The van der Waals surface area contributed by atoms with Crippen LogP contribution < -0.4 is 5.32 Å². The van der Waals surface area contributed by atoms with E-state index in [-0.39, 0.29) is 11.7 Å². The Morgan fingerprint density at radius 2 is 1.86 bits per heavy atom. The van der Waals surface area contributed by atoms with E-state index >= 15 is 0 Å². The van der Waals surface area contributed by atoms with Crippen molar-refractivity contribution in [1.82, 2.24) is 19.8 Å². The summed E-state index contributed by atoms with van der Waals surface area (Å²) in [6.45, 7) is 5.07. The zero-order valence-electron chi connectivity index (χ0n) is 21.2. The fourth-order valence-electron chi connectivity index (χ4n) is 5.86.